The van der Waals surface area contributed by atoms with E-state index >= 15 is 0 Å². The van der Waals surface area contributed by atoms with E-state index in [1.165, 1.54) is 15.9 Å². The van der Waals surface area contributed by atoms with Crippen LogP contribution in [0.2, 0.25) is 0 Å². The average Bonchev–Trinajstić information content (AvgIpc) is 2.80. The Bertz CT molecular complexity index is 922. The summed E-state index contributed by atoms with van der Waals surface area (Å²) in [6, 6.07) is 42.1. The SMILES string of the molecule is BrCP(Oc1ccccc1)(c1ccccc1)(c1ccccc1)c1ccccc1. The van der Waals surface area contributed by atoms with Gasteiger partial charge in [-0.15, -0.1) is 0 Å². The van der Waals surface area contributed by atoms with Crippen LogP contribution in [0.1, 0.15) is 0 Å². The van der Waals surface area contributed by atoms with E-state index in [1.807, 2.05) is 30.3 Å². The van der Waals surface area contributed by atoms with Crippen molar-refractivity contribution >= 4 is 38.7 Å². The summed E-state index contributed by atoms with van der Waals surface area (Å²) in [5.41, 5.74) is 0. The molecule has 140 valence electrons. The van der Waals surface area contributed by atoms with Crippen molar-refractivity contribution in [2.45, 2.75) is 0 Å². The minimum absolute atomic E-state index is 0.686. The number of hydrogen-bond donors (Lipinski definition) is 0. The summed E-state index contributed by atoms with van der Waals surface area (Å²) < 4.78 is 7.18. The summed E-state index contributed by atoms with van der Waals surface area (Å²) in [5.74, 6) is 0.871. The number of hydrogen-bond acceptors (Lipinski definition) is 1. The first kappa shape index (κ1) is 18.9. The van der Waals surface area contributed by atoms with Gasteiger partial charge in [-0.3, -0.25) is 0 Å². The van der Waals surface area contributed by atoms with Gasteiger partial charge in [0, 0.05) is 0 Å². The van der Waals surface area contributed by atoms with Crippen LogP contribution in [0, 0.1) is 0 Å². The zero-order chi connectivity index (χ0) is 19.3. The molecule has 4 rings (SSSR count). The van der Waals surface area contributed by atoms with Gasteiger partial charge >= 0.3 is 175 Å². The molecule has 0 atom stereocenters. The normalized spacial score (nSPS) is 12.7. The first-order valence-corrected chi connectivity index (χ1v) is 12.7. The van der Waals surface area contributed by atoms with Gasteiger partial charge in [-0.2, -0.15) is 0 Å². The molecule has 0 aliphatic rings. The van der Waals surface area contributed by atoms with Crippen LogP contribution in [0.3, 0.4) is 0 Å². The molecule has 0 fully saturated rings. The molecule has 0 saturated carbocycles. The van der Waals surface area contributed by atoms with E-state index in [2.05, 4.69) is 107 Å². The van der Waals surface area contributed by atoms with Crippen LogP contribution in [-0.2, 0) is 0 Å². The van der Waals surface area contributed by atoms with Gasteiger partial charge in [0.15, 0.2) is 0 Å². The summed E-state index contributed by atoms with van der Waals surface area (Å²) in [5, 5.41) is 4.29. The molecule has 0 radical (unpaired) electrons. The van der Waals surface area contributed by atoms with E-state index in [0.717, 1.165) is 5.75 Å². The third kappa shape index (κ3) is 2.98. The van der Waals surface area contributed by atoms with Crippen molar-refractivity contribution in [3.8, 4) is 5.75 Å². The second kappa shape index (κ2) is 7.91. The molecule has 0 saturated heterocycles. The molecule has 0 unspecified atom stereocenters. The molecule has 0 spiro atoms. The van der Waals surface area contributed by atoms with Crippen LogP contribution in [0.15, 0.2) is 121 Å². The monoisotopic (exact) mass is 448 g/mol. The Morgan fingerprint density at radius 3 is 1.14 bits per heavy atom. The standard InChI is InChI=1S/C25H22BrOP/c26-21-28(23-15-7-2-8-16-23,24-17-9-3-10-18-24,25-19-11-4-12-20-25)27-22-13-5-1-6-14-22/h1-20H,21H2. The predicted molar refractivity (Wildman–Crippen MR) is 126 cm³/mol. The van der Waals surface area contributed by atoms with Gasteiger partial charge in [-0.25, -0.2) is 0 Å². The molecule has 0 bridgehead atoms. The second-order valence-corrected chi connectivity index (χ2v) is 12.6. The van der Waals surface area contributed by atoms with Gasteiger partial charge in [0.1, 0.15) is 0 Å². The third-order valence-electron chi connectivity index (χ3n) is 5.19. The first-order valence-electron chi connectivity index (χ1n) is 9.28. The van der Waals surface area contributed by atoms with Gasteiger partial charge in [-0.1, -0.05) is 0 Å². The van der Waals surface area contributed by atoms with Crippen LogP contribution in [-0.4, -0.2) is 5.07 Å². The minimum atomic E-state index is -3.29. The van der Waals surface area contributed by atoms with Crippen molar-refractivity contribution in [2.75, 3.05) is 5.07 Å². The molecular formula is C25H22BrOP. The fourth-order valence-electron chi connectivity index (χ4n) is 3.78. The Kier molecular flexibility index (Phi) is 5.35. The van der Waals surface area contributed by atoms with Crippen molar-refractivity contribution in [3.63, 3.8) is 0 Å². The molecule has 1 nitrogen and oxygen atoms in total. The molecule has 0 aliphatic heterocycles. The molecule has 4 aromatic rings. The Morgan fingerprint density at radius 1 is 0.500 bits per heavy atom. The quantitative estimate of drug-likeness (QED) is 0.265. The first-order chi connectivity index (χ1) is 13.8. The van der Waals surface area contributed by atoms with E-state index in [-0.39, 0.29) is 0 Å². The van der Waals surface area contributed by atoms with Crippen molar-refractivity contribution in [1.29, 1.82) is 0 Å². The topological polar surface area (TPSA) is 9.23 Å². The van der Waals surface area contributed by atoms with Crippen molar-refractivity contribution in [1.82, 2.24) is 0 Å². The van der Waals surface area contributed by atoms with Crippen molar-refractivity contribution in [2.24, 2.45) is 0 Å². The molecule has 0 N–H and O–H groups in total. The maximum absolute atomic E-state index is 7.18. The molecule has 4 aromatic carbocycles. The van der Waals surface area contributed by atoms with Crippen LogP contribution >= 0.6 is 22.8 Å². The summed E-state index contributed by atoms with van der Waals surface area (Å²) >= 11 is 3.93. The van der Waals surface area contributed by atoms with Gasteiger partial charge in [0.05, 0.1) is 0 Å². The van der Waals surface area contributed by atoms with Crippen LogP contribution in [0.5, 0.6) is 5.75 Å². The Morgan fingerprint density at radius 2 is 0.821 bits per heavy atom. The van der Waals surface area contributed by atoms with Crippen LogP contribution in [0.25, 0.3) is 0 Å². The van der Waals surface area contributed by atoms with Gasteiger partial charge in [0.25, 0.3) is 0 Å². The zero-order valence-corrected chi connectivity index (χ0v) is 18.0. The molecule has 0 heterocycles. The molecular weight excluding hydrogens is 427 g/mol. The molecule has 28 heavy (non-hydrogen) atoms. The number of para-hydroxylation sites is 1. The summed E-state index contributed by atoms with van der Waals surface area (Å²) in [4.78, 5) is 0. The second-order valence-electron chi connectivity index (χ2n) is 6.74. The molecule has 0 aromatic heterocycles. The van der Waals surface area contributed by atoms with E-state index in [1.54, 1.807) is 0 Å². The molecule has 0 aliphatic carbocycles. The maximum atomic E-state index is 7.18. The Balaban J connectivity index is 2.14. The zero-order valence-electron chi connectivity index (χ0n) is 15.5. The van der Waals surface area contributed by atoms with Gasteiger partial charge in [-0.05, 0) is 0 Å². The van der Waals surface area contributed by atoms with Crippen LogP contribution < -0.4 is 20.4 Å². The number of halogens is 1. The van der Waals surface area contributed by atoms with Crippen molar-refractivity contribution < 1.29 is 4.52 Å². The Labute approximate surface area is 175 Å². The fraction of sp³-hybridized carbons (Fsp3) is 0.0400. The van der Waals surface area contributed by atoms with Crippen molar-refractivity contribution in [3.05, 3.63) is 121 Å². The van der Waals surface area contributed by atoms with E-state index in [9.17, 15) is 0 Å². The number of rotatable bonds is 6. The van der Waals surface area contributed by atoms with Gasteiger partial charge < -0.3 is 0 Å². The predicted octanol–water partition coefficient (Wildman–Crippen LogP) is 5.86. The summed E-state index contributed by atoms with van der Waals surface area (Å²) in [6.45, 7) is -3.29. The van der Waals surface area contributed by atoms with Gasteiger partial charge in [0.2, 0.25) is 0 Å². The van der Waals surface area contributed by atoms with Crippen LogP contribution in [0.4, 0.5) is 0 Å². The Hall–Kier alpha value is -2.41. The fourth-order valence-corrected chi connectivity index (χ4v) is 11.4. The summed E-state index contributed by atoms with van der Waals surface area (Å²) in [6.07, 6.45) is 0. The van der Waals surface area contributed by atoms with E-state index in [0.29, 0.717) is 5.07 Å². The molecule has 3 heteroatoms. The average molecular weight is 449 g/mol. The van der Waals surface area contributed by atoms with E-state index < -0.39 is 6.83 Å². The molecule has 0 amide bonds. The van der Waals surface area contributed by atoms with E-state index in [4.69, 9.17) is 4.52 Å². The summed E-state index contributed by atoms with van der Waals surface area (Å²) in [7, 11) is 0. The number of alkyl halides is 1. The third-order valence-corrected chi connectivity index (χ3v) is 13.3. The number of benzene rings is 4.